The van der Waals surface area contributed by atoms with Crippen LogP contribution < -0.4 is 0 Å². The Morgan fingerprint density at radius 1 is 0.423 bits per heavy atom. The summed E-state index contributed by atoms with van der Waals surface area (Å²) < 4.78 is 9.02. The van der Waals surface area contributed by atoms with Crippen LogP contribution in [-0.4, -0.2) is 19.5 Å². The Morgan fingerprint density at radius 2 is 1.00 bits per heavy atom. The van der Waals surface area contributed by atoms with Gasteiger partial charge < -0.3 is 4.42 Å². The molecule has 242 valence electrons. The molecule has 3 heterocycles. The van der Waals surface area contributed by atoms with E-state index in [2.05, 4.69) is 102 Å². The number of fused-ring (bicyclic) bond motifs is 8. The lowest BCUT2D eigenvalue weighted by atomic mass is 9.93. The van der Waals surface area contributed by atoms with Gasteiger partial charge in [0.15, 0.2) is 11.6 Å². The highest BCUT2D eigenvalue weighted by Crippen LogP contribution is 2.46. The summed E-state index contributed by atoms with van der Waals surface area (Å²) in [6.07, 6.45) is 0. The summed E-state index contributed by atoms with van der Waals surface area (Å²) in [6, 6.07) is 59.1. The molecule has 0 spiro atoms. The molecule has 3 aromatic heterocycles. The van der Waals surface area contributed by atoms with Crippen molar-refractivity contribution < 1.29 is 4.42 Å². The van der Waals surface area contributed by atoms with E-state index in [4.69, 9.17) is 19.4 Å². The van der Waals surface area contributed by atoms with Crippen molar-refractivity contribution in [3.63, 3.8) is 0 Å². The fraction of sp³-hybridized carbons (Fsp3) is 0. The largest absolute Gasteiger partial charge is 0.455 e. The molecule has 0 radical (unpaired) electrons. The highest BCUT2D eigenvalue weighted by Gasteiger charge is 2.24. The van der Waals surface area contributed by atoms with Crippen LogP contribution in [0.25, 0.3) is 105 Å². The van der Waals surface area contributed by atoms with Gasteiger partial charge in [-0.3, -0.25) is 4.57 Å². The van der Waals surface area contributed by atoms with Crippen LogP contribution in [0.1, 0.15) is 0 Å². The highest BCUT2D eigenvalue weighted by atomic mass is 16.3. The zero-order chi connectivity index (χ0) is 34.2. The van der Waals surface area contributed by atoms with E-state index in [1.165, 1.54) is 5.39 Å². The van der Waals surface area contributed by atoms with E-state index in [0.717, 1.165) is 82.2 Å². The standard InChI is InChI=1S/C47H28N4O/c1-3-14-29(15-4-1)45-48-46(30-16-5-2-6-17-30)50-47(49-45)51-40-28-32-19-8-7-18-31(32)26-38(40)36-23-13-24-37(43(36)51)42-34-21-10-9-20-33(34)27-39-35-22-11-12-25-41(35)52-44(39)42/h1-28H. The van der Waals surface area contributed by atoms with Gasteiger partial charge in [0.25, 0.3) is 0 Å². The Labute approximate surface area is 298 Å². The van der Waals surface area contributed by atoms with Gasteiger partial charge >= 0.3 is 0 Å². The van der Waals surface area contributed by atoms with Gasteiger partial charge in [-0.15, -0.1) is 0 Å². The molecule has 0 aliphatic rings. The number of rotatable bonds is 4. The van der Waals surface area contributed by atoms with Gasteiger partial charge in [-0.1, -0.05) is 146 Å². The summed E-state index contributed by atoms with van der Waals surface area (Å²) in [7, 11) is 0. The Bertz CT molecular complexity index is 3120. The number of para-hydroxylation sites is 2. The summed E-state index contributed by atoms with van der Waals surface area (Å²) in [4.78, 5) is 15.6. The molecule has 0 bridgehead atoms. The van der Waals surface area contributed by atoms with Crippen molar-refractivity contribution in [3.05, 3.63) is 170 Å². The molecule has 0 N–H and O–H groups in total. The predicted molar refractivity (Wildman–Crippen MR) is 213 cm³/mol. The Balaban J connectivity index is 1.33. The van der Waals surface area contributed by atoms with E-state index in [9.17, 15) is 0 Å². The van der Waals surface area contributed by atoms with Crippen LogP contribution in [0.2, 0.25) is 0 Å². The molecule has 0 amide bonds. The minimum atomic E-state index is 0.552. The normalized spacial score (nSPS) is 11.8. The summed E-state index contributed by atoms with van der Waals surface area (Å²) in [6.45, 7) is 0. The van der Waals surface area contributed by atoms with Crippen LogP contribution in [0.4, 0.5) is 0 Å². The van der Waals surface area contributed by atoms with Crippen LogP contribution in [-0.2, 0) is 0 Å². The molecule has 5 nitrogen and oxygen atoms in total. The number of aromatic nitrogens is 4. The molecule has 0 fully saturated rings. The third-order valence-corrected chi connectivity index (χ3v) is 10.2. The summed E-state index contributed by atoms with van der Waals surface area (Å²) in [5.41, 5.74) is 7.69. The lowest BCUT2D eigenvalue weighted by Gasteiger charge is -2.14. The summed E-state index contributed by atoms with van der Waals surface area (Å²) in [5.74, 6) is 1.78. The van der Waals surface area contributed by atoms with Crippen LogP contribution in [0, 0.1) is 0 Å². The molecule has 0 aliphatic carbocycles. The van der Waals surface area contributed by atoms with Gasteiger partial charge in [0.1, 0.15) is 11.2 Å². The Hall–Kier alpha value is -7.11. The molecule has 52 heavy (non-hydrogen) atoms. The first-order chi connectivity index (χ1) is 25.8. The molecule has 0 saturated heterocycles. The van der Waals surface area contributed by atoms with Crippen molar-refractivity contribution in [3.8, 4) is 39.9 Å². The minimum absolute atomic E-state index is 0.552. The first-order valence-corrected chi connectivity index (χ1v) is 17.5. The predicted octanol–water partition coefficient (Wildman–Crippen LogP) is 12.2. The van der Waals surface area contributed by atoms with E-state index >= 15 is 0 Å². The van der Waals surface area contributed by atoms with Crippen molar-refractivity contribution >= 4 is 65.3 Å². The van der Waals surface area contributed by atoms with Gasteiger partial charge in [-0.25, -0.2) is 4.98 Å². The molecule has 8 aromatic carbocycles. The van der Waals surface area contributed by atoms with Gasteiger partial charge in [-0.2, -0.15) is 9.97 Å². The lowest BCUT2D eigenvalue weighted by molar-refractivity contribution is 0.670. The van der Waals surface area contributed by atoms with Gasteiger partial charge in [0.2, 0.25) is 5.95 Å². The maximum Gasteiger partial charge on any atom is 0.238 e. The lowest BCUT2D eigenvalue weighted by Crippen LogP contribution is -2.07. The van der Waals surface area contributed by atoms with E-state index in [1.54, 1.807) is 0 Å². The van der Waals surface area contributed by atoms with Crippen LogP contribution >= 0.6 is 0 Å². The number of benzene rings is 8. The minimum Gasteiger partial charge on any atom is -0.455 e. The molecule has 5 heteroatoms. The maximum atomic E-state index is 6.78. The first kappa shape index (κ1) is 28.7. The second-order valence-electron chi connectivity index (χ2n) is 13.2. The molecule has 11 aromatic rings. The van der Waals surface area contributed by atoms with Crippen molar-refractivity contribution in [2.24, 2.45) is 0 Å². The van der Waals surface area contributed by atoms with Crippen LogP contribution in [0.3, 0.4) is 0 Å². The van der Waals surface area contributed by atoms with Crippen molar-refractivity contribution in [2.75, 3.05) is 0 Å². The number of furan rings is 1. The average Bonchev–Trinajstić information content (AvgIpc) is 3.74. The van der Waals surface area contributed by atoms with Crippen LogP contribution in [0.5, 0.6) is 0 Å². The smallest absolute Gasteiger partial charge is 0.238 e. The van der Waals surface area contributed by atoms with E-state index in [-0.39, 0.29) is 0 Å². The number of hydrogen-bond acceptors (Lipinski definition) is 4. The summed E-state index contributed by atoms with van der Waals surface area (Å²) >= 11 is 0. The second-order valence-corrected chi connectivity index (χ2v) is 13.2. The summed E-state index contributed by atoms with van der Waals surface area (Å²) in [5, 5.41) is 9.02. The fourth-order valence-corrected chi connectivity index (χ4v) is 7.85. The Morgan fingerprint density at radius 3 is 1.73 bits per heavy atom. The molecule has 0 unspecified atom stereocenters. The topological polar surface area (TPSA) is 56.7 Å². The fourth-order valence-electron chi connectivity index (χ4n) is 7.85. The van der Waals surface area contributed by atoms with Gasteiger partial charge in [0.05, 0.1) is 11.0 Å². The van der Waals surface area contributed by atoms with Crippen molar-refractivity contribution in [1.29, 1.82) is 0 Å². The van der Waals surface area contributed by atoms with Crippen molar-refractivity contribution in [1.82, 2.24) is 19.5 Å². The average molecular weight is 665 g/mol. The molecule has 0 atom stereocenters. The van der Waals surface area contributed by atoms with Gasteiger partial charge in [-0.05, 0) is 45.8 Å². The molecule has 11 rings (SSSR count). The number of nitrogens with zero attached hydrogens (tertiary/aromatic N) is 4. The molecular weight excluding hydrogens is 637 g/mol. The van der Waals surface area contributed by atoms with E-state index < -0.39 is 0 Å². The maximum absolute atomic E-state index is 6.78. The second kappa shape index (κ2) is 11.2. The third kappa shape index (κ3) is 4.33. The highest BCUT2D eigenvalue weighted by molar-refractivity contribution is 6.23. The molecule has 0 saturated carbocycles. The van der Waals surface area contributed by atoms with E-state index in [0.29, 0.717) is 17.6 Å². The monoisotopic (exact) mass is 664 g/mol. The van der Waals surface area contributed by atoms with Crippen molar-refractivity contribution in [2.45, 2.75) is 0 Å². The quantitative estimate of drug-likeness (QED) is 0.188. The zero-order valence-electron chi connectivity index (χ0n) is 27.9. The van der Waals surface area contributed by atoms with E-state index in [1.807, 2.05) is 72.8 Å². The van der Waals surface area contributed by atoms with Crippen LogP contribution in [0.15, 0.2) is 174 Å². The third-order valence-electron chi connectivity index (χ3n) is 10.2. The Kier molecular flexibility index (Phi) is 6.18. The molecular formula is C47H28N4O. The SMILES string of the molecule is c1ccc(-c2nc(-c3ccccc3)nc(-n3c4cc5ccccc5cc4c4cccc(-c5c6ccccc6cc6c5oc5ccccc56)c43)n2)cc1. The first-order valence-electron chi connectivity index (χ1n) is 17.5. The number of hydrogen-bond donors (Lipinski definition) is 0. The van der Waals surface area contributed by atoms with Gasteiger partial charge in [0, 0.05) is 43.8 Å². The molecule has 0 aliphatic heterocycles. The zero-order valence-corrected chi connectivity index (χ0v) is 27.9.